The monoisotopic (exact) mass is 318 g/mol. The van der Waals surface area contributed by atoms with Crippen molar-refractivity contribution in [1.82, 2.24) is 4.98 Å². The molecule has 0 aliphatic carbocycles. The van der Waals surface area contributed by atoms with E-state index in [9.17, 15) is 0 Å². The highest BCUT2D eigenvalue weighted by Crippen LogP contribution is 2.23. The Labute approximate surface area is 121 Å². The van der Waals surface area contributed by atoms with Gasteiger partial charge in [0.2, 0.25) is 0 Å². The molecule has 0 saturated carbocycles. The van der Waals surface area contributed by atoms with Gasteiger partial charge in [-0.15, -0.1) is 0 Å². The van der Waals surface area contributed by atoms with Crippen LogP contribution in [0.2, 0.25) is 0 Å². The van der Waals surface area contributed by atoms with Gasteiger partial charge in [-0.2, -0.15) is 0 Å². The Morgan fingerprint density at radius 2 is 2.21 bits per heavy atom. The zero-order valence-electron chi connectivity index (χ0n) is 10.7. The molecule has 0 spiro atoms. The van der Waals surface area contributed by atoms with Crippen LogP contribution in [-0.2, 0) is 6.42 Å². The lowest BCUT2D eigenvalue weighted by molar-refractivity contribution is 0.414. The molecule has 0 N–H and O–H groups in total. The standard InChI is InChI=1S/C15H15BrN2O/c1-17-15(14-7-6-12(16)10-18-14)9-11-4-3-5-13(8-11)19-2/h3-8,10,15H,1,9H2,2H3. The SMILES string of the molecule is C=NC(Cc1cccc(OC)c1)c1ccc(Br)cn1. The van der Waals surface area contributed by atoms with Gasteiger partial charge in [-0.1, -0.05) is 12.1 Å². The van der Waals surface area contributed by atoms with Gasteiger partial charge in [0.15, 0.2) is 0 Å². The summed E-state index contributed by atoms with van der Waals surface area (Å²) in [6.45, 7) is 3.67. The van der Waals surface area contributed by atoms with Gasteiger partial charge in [0.25, 0.3) is 0 Å². The average molecular weight is 319 g/mol. The summed E-state index contributed by atoms with van der Waals surface area (Å²) >= 11 is 3.38. The molecular formula is C15H15BrN2O. The van der Waals surface area contributed by atoms with Crippen LogP contribution in [0.1, 0.15) is 17.3 Å². The molecule has 3 nitrogen and oxygen atoms in total. The van der Waals surface area contributed by atoms with E-state index in [2.05, 4.69) is 38.7 Å². The van der Waals surface area contributed by atoms with E-state index in [1.54, 1.807) is 13.3 Å². The summed E-state index contributed by atoms with van der Waals surface area (Å²) in [5, 5.41) is 0. The molecule has 4 heteroatoms. The second-order valence-corrected chi connectivity index (χ2v) is 5.07. The van der Waals surface area contributed by atoms with E-state index in [0.717, 1.165) is 27.9 Å². The van der Waals surface area contributed by atoms with Crippen molar-refractivity contribution in [2.75, 3.05) is 7.11 Å². The molecule has 0 aliphatic rings. The van der Waals surface area contributed by atoms with Gasteiger partial charge < -0.3 is 4.74 Å². The third-order valence-corrected chi connectivity index (χ3v) is 3.34. The summed E-state index contributed by atoms with van der Waals surface area (Å²) in [5.41, 5.74) is 2.07. The minimum atomic E-state index is -0.0415. The number of benzene rings is 1. The lowest BCUT2D eigenvalue weighted by atomic mass is 10.0. The maximum atomic E-state index is 5.22. The summed E-state index contributed by atoms with van der Waals surface area (Å²) in [4.78, 5) is 8.55. The van der Waals surface area contributed by atoms with Crippen molar-refractivity contribution in [3.05, 3.63) is 58.3 Å². The van der Waals surface area contributed by atoms with Crippen LogP contribution in [0.15, 0.2) is 52.1 Å². The minimum absolute atomic E-state index is 0.0415. The molecule has 98 valence electrons. The van der Waals surface area contributed by atoms with Crippen LogP contribution in [0, 0.1) is 0 Å². The van der Waals surface area contributed by atoms with Crippen molar-refractivity contribution in [3.63, 3.8) is 0 Å². The molecule has 1 heterocycles. The molecule has 19 heavy (non-hydrogen) atoms. The number of hydrogen-bond donors (Lipinski definition) is 0. The summed E-state index contributed by atoms with van der Waals surface area (Å²) in [6.07, 6.45) is 2.54. The maximum absolute atomic E-state index is 5.22. The number of ether oxygens (including phenoxy) is 1. The Kier molecular flexibility index (Phi) is 4.68. The Balaban J connectivity index is 2.18. The van der Waals surface area contributed by atoms with Crippen LogP contribution < -0.4 is 4.74 Å². The number of pyridine rings is 1. The highest BCUT2D eigenvalue weighted by atomic mass is 79.9. The molecule has 0 fully saturated rings. The second-order valence-electron chi connectivity index (χ2n) is 4.16. The van der Waals surface area contributed by atoms with Crippen LogP contribution in [-0.4, -0.2) is 18.8 Å². The summed E-state index contributed by atoms with van der Waals surface area (Å²) in [6, 6.07) is 11.9. The number of hydrogen-bond acceptors (Lipinski definition) is 3. The molecule has 1 atom stereocenters. The van der Waals surface area contributed by atoms with E-state index in [1.165, 1.54) is 0 Å². The zero-order chi connectivity index (χ0) is 13.7. The molecule has 2 aromatic rings. The molecule has 1 aromatic carbocycles. The van der Waals surface area contributed by atoms with Crippen molar-refractivity contribution in [3.8, 4) is 5.75 Å². The topological polar surface area (TPSA) is 34.5 Å². The van der Waals surface area contributed by atoms with Crippen LogP contribution in [0.25, 0.3) is 0 Å². The van der Waals surface area contributed by atoms with Crippen LogP contribution in [0.5, 0.6) is 5.75 Å². The molecule has 0 aliphatic heterocycles. The van der Waals surface area contributed by atoms with Gasteiger partial charge in [-0.05, 0) is 52.5 Å². The predicted octanol–water partition coefficient (Wildman–Crippen LogP) is 3.84. The highest BCUT2D eigenvalue weighted by Gasteiger charge is 2.11. The first kappa shape index (κ1) is 13.7. The Hall–Kier alpha value is -1.68. The van der Waals surface area contributed by atoms with Gasteiger partial charge in [-0.25, -0.2) is 0 Å². The highest BCUT2D eigenvalue weighted by molar-refractivity contribution is 9.10. The Morgan fingerprint density at radius 3 is 2.84 bits per heavy atom. The fourth-order valence-corrected chi connectivity index (χ4v) is 2.10. The Bertz CT molecular complexity index is 554. The predicted molar refractivity (Wildman–Crippen MR) is 80.9 cm³/mol. The number of aromatic nitrogens is 1. The fourth-order valence-electron chi connectivity index (χ4n) is 1.87. The van der Waals surface area contributed by atoms with E-state index < -0.39 is 0 Å². The number of nitrogens with zero attached hydrogens (tertiary/aromatic N) is 2. The van der Waals surface area contributed by atoms with E-state index in [0.29, 0.717) is 0 Å². The molecule has 2 rings (SSSR count). The van der Waals surface area contributed by atoms with E-state index in [1.807, 2.05) is 30.3 Å². The van der Waals surface area contributed by atoms with Crippen molar-refractivity contribution < 1.29 is 4.74 Å². The zero-order valence-corrected chi connectivity index (χ0v) is 12.3. The molecule has 1 unspecified atom stereocenters. The molecule has 0 amide bonds. The Morgan fingerprint density at radius 1 is 1.37 bits per heavy atom. The number of aliphatic imine (C=N–C) groups is 1. The second kappa shape index (κ2) is 6.48. The number of rotatable bonds is 5. The smallest absolute Gasteiger partial charge is 0.119 e. The number of halogens is 1. The molecule has 0 radical (unpaired) electrons. The third kappa shape index (κ3) is 3.64. The summed E-state index contributed by atoms with van der Waals surface area (Å²) in [7, 11) is 1.67. The van der Waals surface area contributed by atoms with Crippen LogP contribution >= 0.6 is 15.9 Å². The van der Waals surface area contributed by atoms with E-state index in [4.69, 9.17) is 4.74 Å². The minimum Gasteiger partial charge on any atom is -0.497 e. The summed E-state index contributed by atoms with van der Waals surface area (Å²) in [5.74, 6) is 0.851. The van der Waals surface area contributed by atoms with Crippen molar-refractivity contribution in [1.29, 1.82) is 0 Å². The normalized spacial score (nSPS) is 11.9. The first-order chi connectivity index (χ1) is 9.22. The molecule has 1 aromatic heterocycles. The molecular weight excluding hydrogens is 304 g/mol. The van der Waals surface area contributed by atoms with E-state index in [-0.39, 0.29) is 6.04 Å². The lowest BCUT2D eigenvalue weighted by Crippen LogP contribution is -2.02. The average Bonchev–Trinajstić information content (AvgIpc) is 2.46. The van der Waals surface area contributed by atoms with Gasteiger partial charge in [-0.3, -0.25) is 9.98 Å². The van der Waals surface area contributed by atoms with Gasteiger partial charge in [0.1, 0.15) is 5.75 Å². The first-order valence-corrected chi connectivity index (χ1v) is 6.72. The molecule has 0 bridgehead atoms. The van der Waals surface area contributed by atoms with Gasteiger partial charge >= 0.3 is 0 Å². The van der Waals surface area contributed by atoms with Crippen molar-refractivity contribution in [2.24, 2.45) is 4.99 Å². The largest absolute Gasteiger partial charge is 0.497 e. The van der Waals surface area contributed by atoms with Crippen molar-refractivity contribution >= 4 is 22.6 Å². The van der Waals surface area contributed by atoms with E-state index >= 15 is 0 Å². The van der Waals surface area contributed by atoms with Gasteiger partial charge in [0.05, 0.1) is 18.8 Å². The first-order valence-electron chi connectivity index (χ1n) is 5.93. The van der Waals surface area contributed by atoms with Crippen molar-refractivity contribution in [2.45, 2.75) is 12.5 Å². The third-order valence-electron chi connectivity index (χ3n) is 2.88. The van der Waals surface area contributed by atoms with Gasteiger partial charge in [0, 0.05) is 17.1 Å². The maximum Gasteiger partial charge on any atom is 0.119 e. The quantitative estimate of drug-likeness (QED) is 0.785. The fraction of sp³-hybridized carbons (Fsp3) is 0.200. The summed E-state index contributed by atoms with van der Waals surface area (Å²) < 4.78 is 6.18. The van der Waals surface area contributed by atoms with Crippen LogP contribution in [0.4, 0.5) is 0 Å². The lowest BCUT2D eigenvalue weighted by Gasteiger charge is -2.12. The van der Waals surface area contributed by atoms with Crippen LogP contribution in [0.3, 0.4) is 0 Å². The molecule has 0 saturated heterocycles. The number of methoxy groups -OCH3 is 1.